The molecular formula is C15H26N2O2. The lowest BCUT2D eigenvalue weighted by molar-refractivity contribution is 0.318. The second-order valence-corrected chi connectivity index (χ2v) is 5.23. The Morgan fingerprint density at radius 1 is 1.11 bits per heavy atom. The molecule has 2 atom stereocenters. The summed E-state index contributed by atoms with van der Waals surface area (Å²) in [5.74, 6) is 2.24. The number of hydrogen-bond donors (Lipinski definition) is 2. The summed E-state index contributed by atoms with van der Waals surface area (Å²) >= 11 is 0. The van der Waals surface area contributed by atoms with Gasteiger partial charge in [0.05, 0.1) is 14.2 Å². The van der Waals surface area contributed by atoms with Crippen LogP contribution in [0.15, 0.2) is 12.1 Å². The molecule has 0 saturated heterocycles. The molecule has 0 radical (unpaired) electrons. The van der Waals surface area contributed by atoms with Gasteiger partial charge in [-0.15, -0.1) is 0 Å². The van der Waals surface area contributed by atoms with Gasteiger partial charge in [0.15, 0.2) is 0 Å². The molecule has 0 fully saturated rings. The van der Waals surface area contributed by atoms with Gasteiger partial charge in [0.1, 0.15) is 11.5 Å². The zero-order valence-electron chi connectivity index (χ0n) is 12.6. The molecule has 0 heterocycles. The Balaban J connectivity index is 3.23. The molecule has 0 saturated carbocycles. The Labute approximate surface area is 116 Å². The van der Waals surface area contributed by atoms with E-state index >= 15 is 0 Å². The lowest BCUT2D eigenvalue weighted by Gasteiger charge is -2.28. The van der Waals surface area contributed by atoms with E-state index in [2.05, 4.69) is 13.8 Å². The smallest absolute Gasteiger partial charge is 0.124 e. The Kier molecular flexibility index (Phi) is 5.63. The summed E-state index contributed by atoms with van der Waals surface area (Å²) < 4.78 is 10.8. The van der Waals surface area contributed by atoms with Crippen molar-refractivity contribution in [3.05, 3.63) is 23.3 Å². The van der Waals surface area contributed by atoms with E-state index in [9.17, 15) is 0 Å². The third-order valence-corrected chi connectivity index (χ3v) is 3.70. The van der Waals surface area contributed by atoms with E-state index in [-0.39, 0.29) is 12.0 Å². The van der Waals surface area contributed by atoms with E-state index in [0.717, 1.165) is 22.6 Å². The molecule has 1 rings (SSSR count). The molecule has 0 aliphatic heterocycles. The highest BCUT2D eigenvalue weighted by molar-refractivity contribution is 5.47. The lowest BCUT2D eigenvalue weighted by Crippen LogP contribution is -2.32. The molecule has 19 heavy (non-hydrogen) atoms. The summed E-state index contributed by atoms with van der Waals surface area (Å²) in [6.07, 6.45) is 0. The standard InChI is InChI=1S/C15H26N2O2/c1-9(2)12(8-16)15(17)11-7-13(18-4)10(3)6-14(11)19-5/h6-7,9,12,15H,8,16-17H2,1-5H3. The van der Waals surface area contributed by atoms with E-state index in [4.69, 9.17) is 20.9 Å². The Morgan fingerprint density at radius 3 is 2.11 bits per heavy atom. The number of benzene rings is 1. The molecule has 0 aromatic heterocycles. The molecule has 2 unspecified atom stereocenters. The average Bonchev–Trinajstić information content (AvgIpc) is 2.38. The minimum absolute atomic E-state index is 0.158. The van der Waals surface area contributed by atoms with Crippen molar-refractivity contribution in [1.29, 1.82) is 0 Å². The average molecular weight is 266 g/mol. The summed E-state index contributed by atoms with van der Waals surface area (Å²) in [7, 11) is 3.32. The van der Waals surface area contributed by atoms with Gasteiger partial charge in [0.25, 0.3) is 0 Å². The minimum Gasteiger partial charge on any atom is -0.496 e. The van der Waals surface area contributed by atoms with Gasteiger partial charge < -0.3 is 20.9 Å². The largest absolute Gasteiger partial charge is 0.496 e. The van der Waals surface area contributed by atoms with Crippen molar-refractivity contribution >= 4 is 0 Å². The molecule has 1 aromatic carbocycles. The second kappa shape index (κ2) is 6.78. The third-order valence-electron chi connectivity index (χ3n) is 3.70. The van der Waals surface area contributed by atoms with E-state index in [1.54, 1.807) is 14.2 Å². The van der Waals surface area contributed by atoms with Gasteiger partial charge in [-0.1, -0.05) is 13.8 Å². The van der Waals surface area contributed by atoms with Gasteiger partial charge in [-0.25, -0.2) is 0 Å². The monoisotopic (exact) mass is 266 g/mol. The van der Waals surface area contributed by atoms with Crippen LogP contribution in [0.3, 0.4) is 0 Å². The third kappa shape index (κ3) is 3.39. The molecule has 4 nitrogen and oxygen atoms in total. The molecule has 108 valence electrons. The molecule has 0 spiro atoms. The summed E-state index contributed by atoms with van der Waals surface area (Å²) in [6.45, 7) is 6.81. The molecule has 0 aliphatic carbocycles. The van der Waals surface area contributed by atoms with Crippen LogP contribution in [-0.2, 0) is 0 Å². The van der Waals surface area contributed by atoms with Crippen LogP contribution in [0.2, 0.25) is 0 Å². The molecule has 4 heteroatoms. The first-order valence-corrected chi connectivity index (χ1v) is 6.64. The fourth-order valence-electron chi connectivity index (χ4n) is 2.40. The van der Waals surface area contributed by atoms with Crippen LogP contribution >= 0.6 is 0 Å². The van der Waals surface area contributed by atoms with Gasteiger partial charge >= 0.3 is 0 Å². The quantitative estimate of drug-likeness (QED) is 0.828. The van der Waals surface area contributed by atoms with Crippen molar-refractivity contribution in [3.8, 4) is 11.5 Å². The van der Waals surface area contributed by atoms with Crippen LogP contribution in [0, 0.1) is 18.8 Å². The summed E-state index contributed by atoms with van der Waals surface area (Å²) in [4.78, 5) is 0. The SMILES string of the molecule is COc1cc(C(N)C(CN)C(C)C)c(OC)cc1C. The van der Waals surface area contributed by atoms with Crippen molar-refractivity contribution in [3.63, 3.8) is 0 Å². The first-order chi connectivity index (χ1) is 8.96. The van der Waals surface area contributed by atoms with Crippen molar-refractivity contribution in [2.75, 3.05) is 20.8 Å². The number of hydrogen-bond acceptors (Lipinski definition) is 4. The zero-order valence-corrected chi connectivity index (χ0v) is 12.6. The first-order valence-electron chi connectivity index (χ1n) is 6.64. The number of ether oxygens (including phenoxy) is 2. The summed E-state index contributed by atoms with van der Waals surface area (Å²) in [5.41, 5.74) is 14.2. The lowest BCUT2D eigenvalue weighted by atomic mass is 9.84. The maximum absolute atomic E-state index is 6.39. The molecule has 0 amide bonds. The van der Waals surface area contributed by atoms with E-state index in [0.29, 0.717) is 12.5 Å². The molecule has 0 aliphatic rings. The maximum Gasteiger partial charge on any atom is 0.124 e. The van der Waals surface area contributed by atoms with Gasteiger partial charge in [-0.2, -0.15) is 0 Å². The molecule has 4 N–H and O–H groups in total. The van der Waals surface area contributed by atoms with Crippen molar-refractivity contribution in [1.82, 2.24) is 0 Å². The Morgan fingerprint density at radius 2 is 1.68 bits per heavy atom. The molecule has 1 aromatic rings. The van der Waals surface area contributed by atoms with Crippen LogP contribution in [0.25, 0.3) is 0 Å². The van der Waals surface area contributed by atoms with Crippen LogP contribution in [-0.4, -0.2) is 20.8 Å². The van der Waals surface area contributed by atoms with Crippen LogP contribution < -0.4 is 20.9 Å². The Hall–Kier alpha value is -1.26. The van der Waals surface area contributed by atoms with Crippen molar-refractivity contribution in [2.24, 2.45) is 23.3 Å². The number of aryl methyl sites for hydroxylation is 1. The second-order valence-electron chi connectivity index (χ2n) is 5.23. The van der Waals surface area contributed by atoms with Crippen LogP contribution in [0.1, 0.15) is 31.0 Å². The molecule has 0 bridgehead atoms. The zero-order chi connectivity index (χ0) is 14.6. The first kappa shape index (κ1) is 15.8. The van der Waals surface area contributed by atoms with Crippen molar-refractivity contribution < 1.29 is 9.47 Å². The van der Waals surface area contributed by atoms with E-state index < -0.39 is 0 Å². The predicted octanol–water partition coefficient (Wildman–Crippen LogP) is 2.24. The minimum atomic E-state index is -0.158. The Bertz CT molecular complexity index is 419. The predicted molar refractivity (Wildman–Crippen MR) is 78.6 cm³/mol. The van der Waals surface area contributed by atoms with Gasteiger partial charge in [0, 0.05) is 11.6 Å². The van der Waals surface area contributed by atoms with Gasteiger partial charge in [-0.05, 0) is 43.0 Å². The fraction of sp³-hybridized carbons (Fsp3) is 0.600. The normalized spacial score (nSPS) is 14.3. The summed E-state index contributed by atoms with van der Waals surface area (Å²) in [5, 5.41) is 0. The van der Waals surface area contributed by atoms with E-state index in [1.807, 2.05) is 19.1 Å². The van der Waals surface area contributed by atoms with Crippen LogP contribution in [0.4, 0.5) is 0 Å². The number of nitrogens with two attached hydrogens (primary N) is 2. The summed E-state index contributed by atoms with van der Waals surface area (Å²) in [6, 6.07) is 3.76. The number of rotatable bonds is 6. The van der Waals surface area contributed by atoms with Crippen molar-refractivity contribution in [2.45, 2.75) is 26.8 Å². The highest BCUT2D eigenvalue weighted by Crippen LogP contribution is 2.36. The van der Waals surface area contributed by atoms with Crippen LogP contribution in [0.5, 0.6) is 11.5 Å². The topological polar surface area (TPSA) is 70.5 Å². The molecular weight excluding hydrogens is 240 g/mol. The van der Waals surface area contributed by atoms with E-state index in [1.165, 1.54) is 0 Å². The van der Waals surface area contributed by atoms with Gasteiger partial charge in [-0.3, -0.25) is 0 Å². The highest BCUT2D eigenvalue weighted by Gasteiger charge is 2.25. The maximum atomic E-state index is 6.39. The highest BCUT2D eigenvalue weighted by atomic mass is 16.5. The van der Waals surface area contributed by atoms with Gasteiger partial charge in [0.2, 0.25) is 0 Å². The number of methoxy groups -OCH3 is 2. The fourth-order valence-corrected chi connectivity index (χ4v) is 2.40.